The van der Waals surface area contributed by atoms with Crippen molar-refractivity contribution in [2.24, 2.45) is 0 Å². The summed E-state index contributed by atoms with van der Waals surface area (Å²) in [7, 11) is 0. The Kier molecular flexibility index (Phi) is 4.54. The van der Waals surface area contributed by atoms with Crippen LogP contribution in [0.1, 0.15) is 44.1 Å². The minimum Gasteiger partial charge on any atom is -0.482 e. The summed E-state index contributed by atoms with van der Waals surface area (Å²) in [6.45, 7) is 0.0125. The Morgan fingerprint density at radius 3 is 2.55 bits per heavy atom. The lowest BCUT2D eigenvalue weighted by atomic mass is 10.2. The van der Waals surface area contributed by atoms with Crippen LogP contribution in [0.3, 0.4) is 0 Å². The number of carbonyl (C=O) groups excluding carboxylic acids is 1. The first-order valence-electron chi connectivity index (χ1n) is 7.82. The second-order valence-corrected chi connectivity index (χ2v) is 6.42. The van der Waals surface area contributed by atoms with Gasteiger partial charge in [-0.15, -0.1) is 0 Å². The van der Waals surface area contributed by atoms with Crippen molar-refractivity contribution in [1.82, 2.24) is 4.90 Å². The SMILES string of the molecule is N#Cc1ccc(OCC(=O)N(C2CCCC2)C2CC2)c(Cl)c1. The summed E-state index contributed by atoms with van der Waals surface area (Å²) in [5.41, 5.74) is 0.481. The molecule has 0 radical (unpaired) electrons. The van der Waals surface area contributed by atoms with Crippen LogP contribution in [0.4, 0.5) is 0 Å². The van der Waals surface area contributed by atoms with Crippen LogP contribution in [0.15, 0.2) is 18.2 Å². The van der Waals surface area contributed by atoms with E-state index in [1.165, 1.54) is 12.8 Å². The molecule has 0 aromatic heterocycles. The van der Waals surface area contributed by atoms with Gasteiger partial charge in [-0.2, -0.15) is 5.26 Å². The third-order valence-corrected chi connectivity index (χ3v) is 4.65. The molecule has 0 saturated heterocycles. The van der Waals surface area contributed by atoms with Crippen LogP contribution in [0, 0.1) is 11.3 Å². The Morgan fingerprint density at radius 2 is 1.95 bits per heavy atom. The Bertz CT molecular complexity index is 601. The summed E-state index contributed by atoms with van der Waals surface area (Å²) in [5, 5.41) is 9.19. The number of carbonyl (C=O) groups is 1. The van der Waals surface area contributed by atoms with Crippen molar-refractivity contribution >= 4 is 17.5 Å². The third-order valence-electron chi connectivity index (χ3n) is 4.36. The molecule has 0 heterocycles. The molecular weight excluding hydrogens is 300 g/mol. The van der Waals surface area contributed by atoms with Gasteiger partial charge < -0.3 is 9.64 Å². The van der Waals surface area contributed by atoms with Gasteiger partial charge in [0.2, 0.25) is 0 Å². The van der Waals surface area contributed by atoms with E-state index in [0.29, 0.717) is 28.4 Å². The van der Waals surface area contributed by atoms with E-state index >= 15 is 0 Å². The highest BCUT2D eigenvalue weighted by molar-refractivity contribution is 6.32. The molecule has 0 spiro atoms. The zero-order chi connectivity index (χ0) is 15.5. The zero-order valence-electron chi connectivity index (χ0n) is 12.4. The summed E-state index contributed by atoms with van der Waals surface area (Å²) in [4.78, 5) is 14.6. The van der Waals surface area contributed by atoms with Gasteiger partial charge in [-0.25, -0.2) is 0 Å². The molecule has 2 aliphatic rings. The lowest BCUT2D eigenvalue weighted by molar-refractivity contribution is -0.136. The molecule has 1 aromatic carbocycles. The van der Waals surface area contributed by atoms with Crippen molar-refractivity contribution in [2.45, 2.75) is 50.6 Å². The highest BCUT2D eigenvalue weighted by Crippen LogP contribution is 2.34. The van der Waals surface area contributed by atoms with Gasteiger partial charge in [0.05, 0.1) is 16.7 Å². The number of benzene rings is 1. The molecule has 2 saturated carbocycles. The van der Waals surface area contributed by atoms with Crippen molar-refractivity contribution in [3.05, 3.63) is 28.8 Å². The Balaban J connectivity index is 1.62. The van der Waals surface area contributed by atoms with Crippen molar-refractivity contribution in [3.63, 3.8) is 0 Å². The van der Waals surface area contributed by atoms with E-state index in [9.17, 15) is 4.79 Å². The molecule has 0 unspecified atom stereocenters. The van der Waals surface area contributed by atoms with Crippen LogP contribution >= 0.6 is 11.6 Å². The van der Waals surface area contributed by atoms with Gasteiger partial charge in [0.15, 0.2) is 6.61 Å². The third kappa shape index (κ3) is 3.36. The van der Waals surface area contributed by atoms with Crippen LogP contribution in [-0.4, -0.2) is 29.5 Å². The standard InChI is InChI=1S/C17H19ClN2O2/c18-15-9-12(10-19)5-8-16(15)22-11-17(21)20(14-6-7-14)13-3-1-2-4-13/h5,8-9,13-14H,1-4,6-7,11H2. The topological polar surface area (TPSA) is 53.3 Å². The number of ether oxygens (including phenoxy) is 1. The predicted octanol–water partition coefficient (Wildman–Crippen LogP) is 3.52. The van der Waals surface area contributed by atoms with Crippen LogP contribution in [-0.2, 0) is 4.79 Å². The maximum atomic E-state index is 12.5. The van der Waals surface area contributed by atoms with Gasteiger partial charge in [-0.1, -0.05) is 24.4 Å². The minimum absolute atomic E-state index is 0.0125. The van der Waals surface area contributed by atoms with E-state index in [1.54, 1.807) is 18.2 Å². The Morgan fingerprint density at radius 1 is 1.27 bits per heavy atom. The lowest BCUT2D eigenvalue weighted by Crippen LogP contribution is -2.43. The average molecular weight is 319 g/mol. The molecule has 0 atom stereocenters. The largest absolute Gasteiger partial charge is 0.482 e. The molecule has 4 nitrogen and oxygen atoms in total. The molecule has 1 amide bonds. The Hall–Kier alpha value is -1.73. The molecule has 2 aliphatic carbocycles. The molecule has 2 fully saturated rings. The highest BCUT2D eigenvalue weighted by atomic mass is 35.5. The molecule has 0 aliphatic heterocycles. The fourth-order valence-electron chi connectivity index (χ4n) is 3.14. The summed E-state index contributed by atoms with van der Waals surface area (Å²) in [6, 6.07) is 7.66. The molecule has 22 heavy (non-hydrogen) atoms. The number of halogens is 1. The minimum atomic E-state index is 0.0125. The Labute approximate surface area is 135 Å². The van der Waals surface area contributed by atoms with E-state index in [2.05, 4.69) is 0 Å². The van der Waals surface area contributed by atoms with Gasteiger partial charge in [0.25, 0.3) is 5.91 Å². The van der Waals surface area contributed by atoms with Crippen LogP contribution in [0.5, 0.6) is 5.75 Å². The maximum Gasteiger partial charge on any atom is 0.261 e. The summed E-state index contributed by atoms with van der Waals surface area (Å²) >= 11 is 6.07. The number of hydrogen-bond acceptors (Lipinski definition) is 3. The predicted molar refractivity (Wildman–Crippen MR) is 83.8 cm³/mol. The first kappa shape index (κ1) is 15.2. The summed E-state index contributed by atoms with van der Waals surface area (Å²) in [6.07, 6.45) is 6.87. The highest BCUT2D eigenvalue weighted by Gasteiger charge is 2.38. The second kappa shape index (κ2) is 6.58. The van der Waals surface area contributed by atoms with Crippen molar-refractivity contribution in [2.75, 3.05) is 6.61 Å². The van der Waals surface area contributed by atoms with E-state index in [4.69, 9.17) is 21.6 Å². The number of nitriles is 1. The van der Waals surface area contributed by atoms with Gasteiger partial charge in [-0.3, -0.25) is 4.79 Å². The number of nitrogens with zero attached hydrogens (tertiary/aromatic N) is 2. The smallest absolute Gasteiger partial charge is 0.261 e. The number of hydrogen-bond donors (Lipinski definition) is 0. The van der Waals surface area contributed by atoms with E-state index in [-0.39, 0.29) is 12.5 Å². The molecule has 1 aromatic rings. The summed E-state index contributed by atoms with van der Waals surface area (Å²) < 4.78 is 5.58. The van der Waals surface area contributed by atoms with Gasteiger partial charge in [0, 0.05) is 12.1 Å². The fraction of sp³-hybridized carbons (Fsp3) is 0.529. The molecule has 0 bridgehead atoms. The van der Waals surface area contributed by atoms with E-state index < -0.39 is 0 Å². The van der Waals surface area contributed by atoms with Crippen molar-refractivity contribution < 1.29 is 9.53 Å². The van der Waals surface area contributed by atoms with E-state index in [0.717, 1.165) is 25.7 Å². The van der Waals surface area contributed by atoms with Crippen LogP contribution in [0.2, 0.25) is 5.02 Å². The first-order chi connectivity index (χ1) is 10.7. The summed E-state index contributed by atoms with van der Waals surface area (Å²) in [5.74, 6) is 0.506. The molecule has 0 N–H and O–H groups in total. The average Bonchev–Trinajstić information content (AvgIpc) is 3.20. The first-order valence-corrected chi connectivity index (χ1v) is 8.20. The molecule has 5 heteroatoms. The van der Waals surface area contributed by atoms with E-state index in [1.807, 2.05) is 11.0 Å². The van der Waals surface area contributed by atoms with Crippen molar-refractivity contribution in [3.8, 4) is 11.8 Å². The van der Waals surface area contributed by atoms with Crippen LogP contribution in [0.25, 0.3) is 0 Å². The number of rotatable bonds is 5. The van der Waals surface area contributed by atoms with Crippen LogP contribution < -0.4 is 4.74 Å². The fourth-order valence-corrected chi connectivity index (χ4v) is 3.38. The number of amides is 1. The molecular formula is C17H19ClN2O2. The normalized spacial score (nSPS) is 18.0. The van der Waals surface area contributed by atoms with Gasteiger partial charge >= 0.3 is 0 Å². The molecule has 116 valence electrons. The van der Waals surface area contributed by atoms with Gasteiger partial charge in [0.1, 0.15) is 5.75 Å². The van der Waals surface area contributed by atoms with Crippen molar-refractivity contribution in [1.29, 1.82) is 5.26 Å². The molecule has 3 rings (SSSR count). The van der Waals surface area contributed by atoms with Gasteiger partial charge in [-0.05, 0) is 43.9 Å². The monoisotopic (exact) mass is 318 g/mol. The quantitative estimate of drug-likeness (QED) is 0.834. The second-order valence-electron chi connectivity index (χ2n) is 6.02. The maximum absolute atomic E-state index is 12.5. The zero-order valence-corrected chi connectivity index (χ0v) is 13.2. The lowest BCUT2D eigenvalue weighted by Gasteiger charge is -2.29.